The van der Waals surface area contributed by atoms with Crippen LogP contribution in [0.25, 0.3) is 0 Å². The zero-order valence-corrected chi connectivity index (χ0v) is 12.2. The van der Waals surface area contributed by atoms with Gasteiger partial charge in [0, 0.05) is 16.7 Å². The molecule has 0 unspecified atom stereocenters. The fourth-order valence-corrected chi connectivity index (χ4v) is 2.61. The van der Waals surface area contributed by atoms with Gasteiger partial charge in [0.1, 0.15) is 18.2 Å². The fraction of sp³-hybridized carbons (Fsp3) is 0.167. The maximum Gasteiger partial charge on any atom is 0.180 e. The van der Waals surface area contributed by atoms with E-state index in [0.29, 0.717) is 23.4 Å². The molecule has 0 atom stereocenters. The Bertz CT molecular complexity index is 715. The maximum atomic E-state index is 12.6. The molecular weight excluding hydrogens is 278 g/mol. The van der Waals surface area contributed by atoms with Gasteiger partial charge in [-0.05, 0) is 6.92 Å². The van der Waals surface area contributed by atoms with E-state index in [4.69, 9.17) is 4.84 Å². The number of benzene rings is 2. The summed E-state index contributed by atoms with van der Waals surface area (Å²) in [5.41, 5.74) is 2.00. The summed E-state index contributed by atoms with van der Waals surface area (Å²) < 4.78 is 0. The number of carbonyl (C=O) groups is 2. The van der Waals surface area contributed by atoms with Crippen LogP contribution in [-0.2, 0) is 4.84 Å². The summed E-state index contributed by atoms with van der Waals surface area (Å²) in [6.07, 6.45) is 0. The number of nitrogens with zero attached hydrogens (tertiary/aromatic N) is 1. The highest BCUT2D eigenvalue weighted by atomic mass is 16.6. The Labute approximate surface area is 128 Å². The lowest BCUT2D eigenvalue weighted by Crippen LogP contribution is -2.27. The van der Waals surface area contributed by atoms with Crippen molar-refractivity contribution in [2.75, 3.05) is 6.61 Å². The molecule has 0 amide bonds. The standard InChI is InChI=1S/C18H15NO3/c1-2-22-19-16(12-8-4-3-5-9-12)15-17(20)13-10-6-7-11-14(13)18(15)21/h3-11,15H,2H2,1H3. The zero-order chi connectivity index (χ0) is 15.5. The third-order valence-electron chi connectivity index (χ3n) is 3.62. The van der Waals surface area contributed by atoms with E-state index in [2.05, 4.69) is 5.16 Å². The van der Waals surface area contributed by atoms with E-state index >= 15 is 0 Å². The molecule has 1 aliphatic carbocycles. The lowest BCUT2D eigenvalue weighted by Gasteiger charge is -2.11. The van der Waals surface area contributed by atoms with Crippen LogP contribution in [0.1, 0.15) is 33.2 Å². The van der Waals surface area contributed by atoms with Crippen molar-refractivity contribution < 1.29 is 14.4 Å². The molecule has 110 valence electrons. The first kappa shape index (κ1) is 14.2. The number of ketones is 2. The van der Waals surface area contributed by atoms with Crippen LogP contribution in [-0.4, -0.2) is 23.9 Å². The van der Waals surface area contributed by atoms with Gasteiger partial charge in [0.05, 0.1) is 0 Å². The summed E-state index contributed by atoms with van der Waals surface area (Å²) in [6.45, 7) is 2.18. The number of carbonyl (C=O) groups excluding carboxylic acids is 2. The molecule has 22 heavy (non-hydrogen) atoms. The van der Waals surface area contributed by atoms with Gasteiger partial charge in [0.25, 0.3) is 0 Å². The van der Waals surface area contributed by atoms with E-state index in [1.165, 1.54) is 0 Å². The minimum Gasteiger partial charge on any atom is -0.396 e. The molecular formula is C18H15NO3. The topological polar surface area (TPSA) is 55.7 Å². The van der Waals surface area contributed by atoms with Crippen molar-refractivity contribution in [1.29, 1.82) is 0 Å². The lowest BCUT2D eigenvalue weighted by molar-refractivity contribution is 0.0876. The highest BCUT2D eigenvalue weighted by Crippen LogP contribution is 2.29. The van der Waals surface area contributed by atoms with Gasteiger partial charge in [-0.1, -0.05) is 59.8 Å². The lowest BCUT2D eigenvalue weighted by atomic mass is 9.92. The van der Waals surface area contributed by atoms with Gasteiger partial charge in [-0.15, -0.1) is 0 Å². The first-order valence-electron chi connectivity index (χ1n) is 7.16. The van der Waals surface area contributed by atoms with Crippen molar-refractivity contribution >= 4 is 17.3 Å². The smallest absolute Gasteiger partial charge is 0.180 e. The Morgan fingerprint density at radius 2 is 1.50 bits per heavy atom. The minimum absolute atomic E-state index is 0.220. The second-order valence-electron chi connectivity index (χ2n) is 4.97. The highest BCUT2D eigenvalue weighted by molar-refractivity contribution is 6.38. The van der Waals surface area contributed by atoms with Crippen molar-refractivity contribution in [1.82, 2.24) is 0 Å². The first-order chi connectivity index (χ1) is 10.7. The molecule has 2 aromatic rings. The molecule has 0 saturated heterocycles. The van der Waals surface area contributed by atoms with Crippen LogP contribution >= 0.6 is 0 Å². The quantitative estimate of drug-likeness (QED) is 0.494. The van der Waals surface area contributed by atoms with E-state index in [1.54, 1.807) is 31.2 Å². The van der Waals surface area contributed by atoms with Crippen LogP contribution < -0.4 is 0 Å². The Morgan fingerprint density at radius 1 is 0.955 bits per heavy atom. The number of hydrogen-bond donors (Lipinski definition) is 0. The molecule has 0 radical (unpaired) electrons. The molecule has 3 rings (SSSR count). The van der Waals surface area contributed by atoms with Crippen LogP contribution in [0.3, 0.4) is 0 Å². The van der Waals surface area contributed by atoms with Crippen molar-refractivity contribution in [2.24, 2.45) is 11.1 Å². The summed E-state index contributed by atoms with van der Waals surface area (Å²) in [5, 5.41) is 4.05. The van der Waals surface area contributed by atoms with Gasteiger partial charge >= 0.3 is 0 Å². The van der Waals surface area contributed by atoms with Crippen LogP contribution in [0.5, 0.6) is 0 Å². The molecule has 0 bridgehead atoms. The van der Waals surface area contributed by atoms with Gasteiger partial charge in [0.15, 0.2) is 11.6 Å². The number of fused-ring (bicyclic) bond motifs is 1. The summed E-state index contributed by atoms with van der Waals surface area (Å²) >= 11 is 0. The molecule has 4 nitrogen and oxygen atoms in total. The predicted molar refractivity (Wildman–Crippen MR) is 83.2 cm³/mol. The molecule has 0 aliphatic heterocycles. The molecule has 0 aromatic heterocycles. The Balaban J connectivity index is 2.07. The fourth-order valence-electron chi connectivity index (χ4n) is 2.61. The molecule has 0 saturated carbocycles. The first-order valence-corrected chi connectivity index (χ1v) is 7.16. The summed E-state index contributed by atoms with van der Waals surface area (Å²) in [5.74, 6) is -1.36. The van der Waals surface area contributed by atoms with Crippen molar-refractivity contribution in [3.63, 3.8) is 0 Å². The number of rotatable bonds is 4. The highest BCUT2D eigenvalue weighted by Gasteiger charge is 2.42. The van der Waals surface area contributed by atoms with Crippen LogP contribution in [0.4, 0.5) is 0 Å². The van der Waals surface area contributed by atoms with Crippen molar-refractivity contribution in [3.05, 3.63) is 71.3 Å². The number of Topliss-reactive ketones (excluding diaryl/α,β-unsaturated/α-hetero) is 2. The summed E-state index contributed by atoms with van der Waals surface area (Å²) in [6, 6.07) is 16.1. The normalized spacial score (nSPS) is 15.0. The van der Waals surface area contributed by atoms with E-state index in [0.717, 1.165) is 5.56 Å². The molecule has 0 fully saturated rings. The van der Waals surface area contributed by atoms with E-state index in [1.807, 2.05) is 30.3 Å². The molecule has 4 heteroatoms. The Hall–Kier alpha value is -2.75. The van der Waals surface area contributed by atoms with Gasteiger partial charge in [-0.3, -0.25) is 9.59 Å². The maximum absolute atomic E-state index is 12.6. The van der Waals surface area contributed by atoms with Crippen LogP contribution in [0.15, 0.2) is 59.8 Å². The third kappa shape index (κ3) is 2.33. The van der Waals surface area contributed by atoms with Gasteiger partial charge in [0.2, 0.25) is 0 Å². The van der Waals surface area contributed by atoms with Crippen molar-refractivity contribution in [3.8, 4) is 0 Å². The van der Waals surface area contributed by atoms with Gasteiger partial charge in [-0.25, -0.2) is 0 Å². The Kier molecular flexibility index (Phi) is 3.83. The molecule has 0 heterocycles. The largest absolute Gasteiger partial charge is 0.396 e. The molecule has 0 N–H and O–H groups in total. The monoisotopic (exact) mass is 293 g/mol. The Morgan fingerprint density at radius 3 is 2.05 bits per heavy atom. The third-order valence-corrected chi connectivity index (χ3v) is 3.62. The second-order valence-corrected chi connectivity index (χ2v) is 4.97. The predicted octanol–water partition coefficient (Wildman–Crippen LogP) is 3.12. The van der Waals surface area contributed by atoms with Crippen molar-refractivity contribution in [2.45, 2.75) is 6.92 Å². The van der Waals surface area contributed by atoms with Crippen LogP contribution in [0.2, 0.25) is 0 Å². The number of hydrogen-bond acceptors (Lipinski definition) is 4. The molecule has 0 spiro atoms. The van der Waals surface area contributed by atoms with Gasteiger partial charge < -0.3 is 4.84 Å². The van der Waals surface area contributed by atoms with E-state index in [-0.39, 0.29) is 11.6 Å². The minimum atomic E-state index is -0.925. The number of oxime groups is 1. The molecule has 2 aromatic carbocycles. The summed E-state index contributed by atoms with van der Waals surface area (Å²) in [4.78, 5) is 30.4. The average molecular weight is 293 g/mol. The zero-order valence-electron chi connectivity index (χ0n) is 12.2. The average Bonchev–Trinajstić information content (AvgIpc) is 2.82. The van der Waals surface area contributed by atoms with E-state index < -0.39 is 5.92 Å². The summed E-state index contributed by atoms with van der Waals surface area (Å²) in [7, 11) is 0. The molecule has 1 aliphatic rings. The van der Waals surface area contributed by atoms with Crippen LogP contribution in [0, 0.1) is 5.92 Å². The van der Waals surface area contributed by atoms with E-state index in [9.17, 15) is 9.59 Å². The van der Waals surface area contributed by atoms with Gasteiger partial charge in [-0.2, -0.15) is 0 Å². The second kappa shape index (κ2) is 5.93. The SMILES string of the molecule is CCON=C(c1ccccc1)C1C(=O)c2ccccc2C1=O.